The number of nitrogens with two attached hydrogens (primary N) is 1. The van der Waals surface area contributed by atoms with Crippen LogP contribution >= 0.6 is 12.4 Å². The average molecular weight is 363 g/mol. The third-order valence-corrected chi connectivity index (χ3v) is 5.78. The molecular weight excluding hydrogens is 340 g/mol. The summed E-state index contributed by atoms with van der Waals surface area (Å²) >= 11 is 0. The van der Waals surface area contributed by atoms with Crippen LogP contribution in [0.5, 0.6) is 5.75 Å². The molecule has 6 nitrogen and oxygen atoms in total. The molecule has 0 saturated carbocycles. The summed E-state index contributed by atoms with van der Waals surface area (Å²) in [6.45, 7) is 2.76. The number of sulfone groups is 1. The fourth-order valence-corrected chi connectivity index (χ4v) is 4.12. The van der Waals surface area contributed by atoms with Crippen molar-refractivity contribution < 1.29 is 17.9 Å². The van der Waals surface area contributed by atoms with Crippen LogP contribution in [0.25, 0.3) is 0 Å². The number of ether oxygens (including phenoxy) is 1. The van der Waals surface area contributed by atoms with Crippen LogP contribution in [0.4, 0.5) is 0 Å². The molecule has 130 valence electrons. The molecule has 23 heavy (non-hydrogen) atoms. The molecule has 2 rings (SSSR count). The first kappa shape index (κ1) is 19.7. The molecule has 2 N–H and O–H groups in total. The Labute approximate surface area is 143 Å². The van der Waals surface area contributed by atoms with E-state index >= 15 is 0 Å². The van der Waals surface area contributed by atoms with Gasteiger partial charge in [0, 0.05) is 25.0 Å². The molecule has 1 aromatic rings. The van der Waals surface area contributed by atoms with Gasteiger partial charge < -0.3 is 15.4 Å². The van der Waals surface area contributed by atoms with E-state index in [0.29, 0.717) is 18.8 Å². The fourth-order valence-electron chi connectivity index (χ4n) is 2.58. The zero-order valence-corrected chi connectivity index (χ0v) is 14.9. The maximum atomic E-state index is 12.4. The van der Waals surface area contributed by atoms with Gasteiger partial charge in [-0.25, -0.2) is 8.42 Å². The van der Waals surface area contributed by atoms with Crippen LogP contribution in [0.15, 0.2) is 29.2 Å². The standard InChI is InChI=1S/C15H22N2O4S.ClH/c1-11(15(18)17-8-7-12(16)9-17)10-22(19,20)14-5-3-13(21-2)4-6-14;/h3-6,11-12H,7-10,16H2,1-2H3;1H. The maximum Gasteiger partial charge on any atom is 0.226 e. The van der Waals surface area contributed by atoms with E-state index in [-0.39, 0.29) is 35.0 Å². The normalized spacial score (nSPS) is 19.1. The molecule has 0 bridgehead atoms. The smallest absolute Gasteiger partial charge is 0.226 e. The highest BCUT2D eigenvalue weighted by molar-refractivity contribution is 7.91. The van der Waals surface area contributed by atoms with Gasteiger partial charge in [0.1, 0.15) is 5.75 Å². The van der Waals surface area contributed by atoms with E-state index < -0.39 is 15.8 Å². The van der Waals surface area contributed by atoms with Crippen molar-refractivity contribution in [3.05, 3.63) is 24.3 Å². The molecule has 2 unspecified atom stereocenters. The van der Waals surface area contributed by atoms with E-state index in [1.807, 2.05) is 0 Å². The highest BCUT2D eigenvalue weighted by Gasteiger charge is 2.30. The minimum Gasteiger partial charge on any atom is -0.497 e. The van der Waals surface area contributed by atoms with Crippen molar-refractivity contribution in [2.75, 3.05) is 26.0 Å². The molecule has 2 atom stereocenters. The summed E-state index contributed by atoms with van der Waals surface area (Å²) in [5.41, 5.74) is 5.78. The first-order valence-electron chi connectivity index (χ1n) is 7.24. The Morgan fingerprint density at radius 3 is 2.48 bits per heavy atom. The minimum atomic E-state index is -3.51. The van der Waals surface area contributed by atoms with Gasteiger partial charge >= 0.3 is 0 Å². The Kier molecular flexibility index (Phi) is 6.85. The van der Waals surface area contributed by atoms with E-state index in [1.165, 1.54) is 19.2 Å². The Hall–Kier alpha value is -1.31. The number of rotatable bonds is 5. The summed E-state index contributed by atoms with van der Waals surface area (Å²) < 4.78 is 29.8. The van der Waals surface area contributed by atoms with E-state index in [4.69, 9.17) is 10.5 Å². The van der Waals surface area contributed by atoms with Crippen molar-refractivity contribution in [2.24, 2.45) is 11.7 Å². The van der Waals surface area contributed by atoms with E-state index in [0.717, 1.165) is 6.42 Å². The molecule has 1 aliphatic rings. The summed E-state index contributed by atoms with van der Waals surface area (Å²) in [6.07, 6.45) is 0.768. The number of carbonyl (C=O) groups excluding carboxylic acids is 1. The lowest BCUT2D eigenvalue weighted by Crippen LogP contribution is -2.37. The van der Waals surface area contributed by atoms with E-state index in [1.54, 1.807) is 24.0 Å². The molecule has 0 spiro atoms. The number of hydrogen-bond acceptors (Lipinski definition) is 5. The Morgan fingerprint density at radius 2 is 2.00 bits per heavy atom. The van der Waals surface area contributed by atoms with Crippen molar-refractivity contribution in [2.45, 2.75) is 24.3 Å². The van der Waals surface area contributed by atoms with Gasteiger partial charge in [-0.15, -0.1) is 12.4 Å². The zero-order valence-electron chi connectivity index (χ0n) is 13.3. The monoisotopic (exact) mass is 362 g/mol. The summed E-state index contributed by atoms with van der Waals surface area (Å²) in [5, 5.41) is 0. The van der Waals surface area contributed by atoms with Crippen LogP contribution in [0.1, 0.15) is 13.3 Å². The Morgan fingerprint density at radius 1 is 1.39 bits per heavy atom. The summed E-state index contributed by atoms with van der Waals surface area (Å²) in [7, 11) is -1.99. The first-order chi connectivity index (χ1) is 10.3. The summed E-state index contributed by atoms with van der Waals surface area (Å²) in [4.78, 5) is 14.1. The molecule has 1 saturated heterocycles. The van der Waals surface area contributed by atoms with Gasteiger partial charge in [-0.2, -0.15) is 0 Å². The second-order valence-corrected chi connectivity index (χ2v) is 7.73. The largest absolute Gasteiger partial charge is 0.497 e. The van der Waals surface area contributed by atoms with Gasteiger partial charge in [0.15, 0.2) is 9.84 Å². The predicted octanol–water partition coefficient (Wildman–Crippen LogP) is 1.09. The molecule has 1 aliphatic heterocycles. The van der Waals surface area contributed by atoms with Crippen LogP contribution in [-0.4, -0.2) is 51.2 Å². The van der Waals surface area contributed by atoms with Crippen LogP contribution in [0.2, 0.25) is 0 Å². The number of likely N-dealkylation sites (tertiary alicyclic amines) is 1. The molecule has 1 heterocycles. The van der Waals surface area contributed by atoms with Gasteiger partial charge in [0.2, 0.25) is 5.91 Å². The number of amides is 1. The van der Waals surface area contributed by atoms with Gasteiger partial charge in [-0.05, 0) is 30.7 Å². The lowest BCUT2D eigenvalue weighted by Gasteiger charge is -2.20. The highest BCUT2D eigenvalue weighted by Crippen LogP contribution is 2.20. The number of hydrogen-bond donors (Lipinski definition) is 1. The lowest BCUT2D eigenvalue weighted by atomic mass is 10.2. The quantitative estimate of drug-likeness (QED) is 0.846. The van der Waals surface area contributed by atoms with Crippen molar-refractivity contribution >= 4 is 28.2 Å². The second-order valence-electron chi connectivity index (χ2n) is 5.69. The second kappa shape index (κ2) is 7.99. The number of carbonyl (C=O) groups is 1. The Bertz CT molecular complexity index is 633. The molecular formula is C15H23ClN2O4S. The van der Waals surface area contributed by atoms with Crippen molar-refractivity contribution in [3.8, 4) is 5.75 Å². The van der Waals surface area contributed by atoms with Crippen molar-refractivity contribution in [1.29, 1.82) is 0 Å². The van der Waals surface area contributed by atoms with Gasteiger partial charge in [-0.3, -0.25) is 4.79 Å². The maximum absolute atomic E-state index is 12.4. The van der Waals surface area contributed by atoms with Gasteiger partial charge in [0.05, 0.1) is 17.8 Å². The summed E-state index contributed by atoms with van der Waals surface area (Å²) in [5.74, 6) is -0.347. The zero-order chi connectivity index (χ0) is 16.3. The van der Waals surface area contributed by atoms with E-state index in [2.05, 4.69) is 0 Å². The van der Waals surface area contributed by atoms with Crippen LogP contribution in [0.3, 0.4) is 0 Å². The lowest BCUT2D eigenvalue weighted by molar-refractivity contribution is -0.133. The highest BCUT2D eigenvalue weighted by atomic mass is 35.5. The molecule has 0 aromatic heterocycles. The van der Waals surface area contributed by atoms with Crippen LogP contribution < -0.4 is 10.5 Å². The van der Waals surface area contributed by atoms with Crippen LogP contribution in [0, 0.1) is 5.92 Å². The number of methoxy groups -OCH3 is 1. The van der Waals surface area contributed by atoms with Gasteiger partial charge in [0.25, 0.3) is 0 Å². The third-order valence-electron chi connectivity index (χ3n) is 3.85. The van der Waals surface area contributed by atoms with Gasteiger partial charge in [-0.1, -0.05) is 6.92 Å². The number of benzene rings is 1. The van der Waals surface area contributed by atoms with E-state index in [9.17, 15) is 13.2 Å². The predicted molar refractivity (Wildman–Crippen MR) is 90.6 cm³/mol. The molecule has 1 fully saturated rings. The molecule has 1 amide bonds. The average Bonchev–Trinajstić information content (AvgIpc) is 2.92. The number of nitrogens with zero attached hydrogens (tertiary/aromatic N) is 1. The SMILES string of the molecule is COc1ccc(S(=O)(=O)CC(C)C(=O)N2CCC(N)C2)cc1.Cl. The number of halogens is 1. The summed E-state index contributed by atoms with van der Waals surface area (Å²) in [6, 6.07) is 6.18. The topological polar surface area (TPSA) is 89.7 Å². The Balaban J connectivity index is 0.00000264. The van der Waals surface area contributed by atoms with Crippen molar-refractivity contribution in [1.82, 2.24) is 4.90 Å². The van der Waals surface area contributed by atoms with Crippen molar-refractivity contribution in [3.63, 3.8) is 0 Å². The first-order valence-corrected chi connectivity index (χ1v) is 8.90. The third kappa shape index (κ3) is 4.83. The molecule has 0 radical (unpaired) electrons. The molecule has 0 aliphatic carbocycles. The van der Waals surface area contributed by atoms with Crippen LogP contribution in [-0.2, 0) is 14.6 Å². The molecule has 1 aromatic carbocycles. The fraction of sp³-hybridized carbons (Fsp3) is 0.533. The molecule has 8 heteroatoms. The minimum absolute atomic E-state index is 0.